The summed E-state index contributed by atoms with van der Waals surface area (Å²) in [4.78, 5) is 11.9. The van der Waals surface area contributed by atoms with Crippen molar-refractivity contribution < 1.29 is 4.79 Å². The summed E-state index contributed by atoms with van der Waals surface area (Å²) in [6.07, 6.45) is 7.46. The lowest BCUT2D eigenvalue weighted by atomic mass is 9.88. The molecule has 3 nitrogen and oxygen atoms in total. The van der Waals surface area contributed by atoms with Crippen molar-refractivity contribution in [3.05, 3.63) is 0 Å². The Morgan fingerprint density at radius 2 is 2.24 bits per heavy atom. The van der Waals surface area contributed by atoms with Crippen molar-refractivity contribution in [2.24, 2.45) is 29.4 Å². The molecule has 0 aliphatic heterocycles. The molecule has 1 amide bonds. The first-order valence-electron chi connectivity index (χ1n) is 7.18. The van der Waals surface area contributed by atoms with Crippen LogP contribution in [0.4, 0.5) is 0 Å². The van der Waals surface area contributed by atoms with Crippen LogP contribution in [0.3, 0.4) is 0 Å². The van der Waals surface area contributed by atoms with Gasteiger partial charge in [0.25, 0.3) is 0 Å². The average Bonchev–Trinajstić information content (AvgIpc) is 2.94. The highest BCUT2D eigenvalue weighted by Crippen LogP contribution is 2.47. The second-order valence-electron chi connectivity index (χ2n) is 6.01. The zero-order valence-corrected chi connectivity index (χ0v) is 11.0. The van der Waals surface area contributed by atoms with Crippen LogP contribution in [-0.2, 0) is 4.79 Å². The lowest BCUT2D eigenvalue weighted by Crippen LogP contribution is -2.35. The van der Waals surface area contributed by atoms with Crippen LogP contribution in [0, 0.1) is 23.7 Å². The molecule has 4 unspecified atom stereocenters. The Kier molecular flexibility index (Phi) is 4.43. The van der Waals surface area contributed by atoms with Crippen LogP contribution in [0.5, 0.6) is 0 Å². The van der Waals surface area contributed by atoms with Crippen LogP contribution in [0.15, 0.2) is 0 Å². The Morgan fingerprint density at radius 1 is 1.41 bits per heavy atom. The molecule has 0 saturated heterocycles. The highest BCUT2D eigenvalue weighted by atomic mass is 16.1. The third-order valence-electron chi connectivity index (χ3n) is 4.71. The fourth-order valence-corrected chi connectivity index (χ4v) is 3.59. The smallest absolute Gasteiger partial charge is 0.222 e. The molecule has 98 valence electrons. The fraction of sp³-hybridized carbons (Fsp3) is 0.929. The van der Waals surface area contributed by atoms with E-state index in [0.29, 0.717) is 6.54 Å². The topological polar surface area (TPSA) is 55.1 Å². The maximum Gasteiger partial charge on any atom is 0.222 e. The molecule has 0 aromatic carbocycles. The summed E-state index contributed by atoms with van der Waals surface area (Å²) < 4.78 is 0. The summed E-state index contributed by atoms with van der Waals surface area (Å²) in [5.41, 5.74) is 5.46. The molecular formula is C14H26N2O. The largest absolute Gasteiger partial charge is 0.356 e. The molecule has 0 heterocycles. The predicted molar refractivity (Wildman–Crippen MR) is 69.4 cm³/mol. The van der Waals surface area contributed by atoms with E-state index in [9.17, 15) is 4.79 Å². The highest BCUT2D eigenvalue weighted by Gasteiger charge is 2.39. The standard InChI is InChI=1S/C14H26N2O/c1-10(3-2-6-15)14(17)16-9-13-8-11-4-5-12(13)7-11/h10-13H,2-9,15H2,1H3,(H,16,17). The van der Waals surface area contributed by atoms with Gasteiger partial charge in [-0.05, 0) is 56.4 Å². The van der Waals surface area contributed by atoms with Crippen molar-refractivity contribution in [2.45, 2.75) is 45.4 Å². The summed E-state index contributed by atoms with van der Waals surface area (Å²) >= 11 is 0. The Labute approximate surface area is 105 Å². The molecule has 17 heavy (non-hydrogen) atoms. The zero-order valence-electron chi connectivity index (χ0n) is 11.0. The molecule has 3 heteroatoms. The zero-order chi connectivity index (χ0) is 12.3. The molecule has 0 radical (unpaired) electrons. The number of rotatable bonds is 6. The second kappa shape index (κ2) is 5.85. The Hall–Kier alpha value is -0.570. The van der Waals surface area contributed by atoms with E-state index in [0.717, 1.165) is 37.1 Å². The summed E-state index contributed by atoms with van der Waals surface area (Å²) in [6.45, 7) is 3.60. The van der Waals surface area contributed by atoms with Crippen LogP contribution in [-0.4, -0.2) is 19.0 Å². The normalized spacial score (nSPS) is 32.7. The SMILES string of the molecule is CC(CCCN)C(=O)NCC1CC2CCC1C2. The molecule has 4 atom stereocenters. The first kappa shape index (κ1) is 12.9. The van der Waals surface area contributed by atoms with E-state index in [1.807, 2.05) is 6.92 Å². The first-order chi connectivity index (χ1) is 8.20. The highest BCUT2D eigenvalue weighted by molar-refractivity contribution is 5.78. The van der Waals surface area contributed by atoms with E-state index in [2.05, 4.69) is 5.32 Å². The van der Waals surface area contributed by atoms with Crippen molar-refractivity contribution in [3.63, 3.8) is 0 Å². The lowest BCUT2D eigenvalue weighted by molar-refractivity contribution is -0.124. The van der Waals surface area contributed by atoms with Gasteiger partial charge in [-0.3, -0.25) is 4.79 Å². The molecule has 2 fully saturated rings. The summed E-state index contributed by atoms with van der Waals surface area (Å²) in [7, 11) is 0. The van der Waals surface area contributed by atoms with Crippen LogP contribution in [0.1, 0.15) is 45.4 Å². The van der Waals surface area contributed by atoms with E-state index in [4.69, 9.17) is 5.73 Å². The summed E-state index contributed by atoms with van der Waals surface area (Å²) in [5.74, 6) is 2.98. The number of carbonyl (C=O) groups excluding carboxylic acids is 1. The molecule has 2 rings (SSSR count). The predicted octanol–water partition coefficient (Wildman–Crippen LogP) is 1.91. The first-order valence-corrected chi connectivity index (χ1v) is 7.18. The number of hydrogen-bond donors (Lipinski definition) is 2. The molecular weight excluding hydrogens is 212 g/mol. The van der Waals surface area contributed by atoms with Gasteiger partial charge in [0.05, 0.1) is 0 Å². The van der Waals surface area contributed by atoms with Gasteiger partial charge in [-0.25, -0.2) is 0 Å². The van der Waals surface area contributed by atoms with E-state index < -0.39 is 0 Å². The van der Waals surface area contributed by atoms with Crippen molar-refractivity contribution >= 4 is 5.91 Å². The summed E-state index contributed by atoms with van der Waals surface area (Å²) in [5, 5.41) is 3.14. The Morgan fingerprint density at radius 3 is 2.82 bits per heavy atom. The minimum atomic E-state index is 0.122. The minimum absolute atomic E-state index is 0.122. The quantitative estimate of drug-likeness (QED) is 0.742. The van der Waals surface area contributed by atoms with E-state index >= 15 is 0 Å². The number of nitrogens with one attached hydrogen (secondary N) is 1. The molecule has 2 saturated carbocycles. The number of nitrogens with two attached hydrogens (primary N) is 1. The van der Waals surface area contributed by atoms with Crippen molar-refractivity contribution in [2.75, 3.05) is 13.1 Å². The maximum absolute atomic E-state index is 11.9. The van der Waals surface area contributed by atoms with Crippen molar-refractivity contribution in [1.82, 2.24) is 5.32 Å². The number of fused-ring (bicyclic) bond motifs is 2. The second-order valence-corrected chi connectivity index (χ2v) is 6.01. The van der Waals surface area contributed by atoms with Crippen molar-refractivity contribution in [3.8, 4) is 0 Å². The molecule has 0 aromatic heterocycles. The molecule has 0 aromatic rings. The van der Waals surface area contributed by atoms with Gasteiger partial charge < -0.3 is 11.1 Å². The molecule has 2 aliphatic carbocycles. The van der Waals surface area contributed by atoms with Crippen LogP contribution < -0.4 is 11.1 Å². The molecule has 3 N–H and O–H groups in total. The minimum Gasteiger partial charge on any atom is -0.356 e. The monoisotopic (exact) mass is 238 g/mol. The maximum atomic E-state index is 11.9. The van der Waals surface area contributed by atoms with Gasteiger partial charge in [-0.1, -0.05) is 13.3 Å². The van der Waals surface area contributed by atoms with Gasteiger partial charge in [-0.2, -0.15) is 0 Å². The van der Waals surface area contributed by atoms with Crippen molar-refractivity contribution in [1.29, 1.82) is 0 Å². The Bertz CT molecular complexity index is 267. The third kappa shape index (κ3) is 3.21. The van der Waals surface area contributed by atoms with Crippen LogP contribution >= 0.6 is 0 Å². The fourth-order valence-electron chi connectivity index (χ4n) is 3.59. The lowest BCUT2D eigenvalue weighted by Gasteiger charge is -2.22. The van der Waals surface area contributed by atoms with E-state index in [1.165, 1.54) is 25.7 Å². The van der Waals surface area contributed by atoms with Gasteiger partial charge in [-0.15, -0.1) is 0 Å². The van der Waals surface area contributed by atoms with Gasteiger partial charge >= 0.3 is 0 Å². The van der Waals surface area contributed by atoms with Crippen LogP contribution in [0.25, 0.3) is 0 Å². The van der Waals surface area contributed by atoms with Gasteiger partial charge in [0.1, 0.15) is 0 Å². The summed E-state index contributed by atoms with van der Waals surface area (Å²) in [6, 6.07) is 0. The molecule has 2 aliphatic rings. The number of carbonyl (C=O) groups is 1. The third-order valence-corrected chi connectivity index (χ3v) is 4.71. The van der Waals surface area contributed by atoms with Gasteiger partial charge in [0, 0.05) is 12.5 Å². The van der Waals surface area contributed by atoms with E-state index in [1.54, 1.807) is 0 Å². The average molecular weight is 238 g/mol. The number of hydrogen-bond acceptors (Lipinski definition) is 2. The van der Waals surface area contributed by atoms with Gasteiger partial charge in [0.2, 0.25) is 5.91 Å². The molecule has 2 bridgehead atoms. The molecule has 0 spiro atoms. The number of amides is 1. The van der Waals surface area contributed by atoms with Crippen LogP contribution in [0.2, 0.25) is 0 Å². The van der Waals surface area contributed by atoms with Gasteiger partial charge in [0.15, 0.2) is 0 Å². The Balaban J connectivity index is 1.66. The van der Waals surface area contributed by atoms with E-state index in [-0.39, 0.29) is 11.8 Å².